The minimum absolute atomic E-state index is 0.201. The summed E-state index contributed by atoms with van der Waals surface area (Å²) in [7, 11) is 0. The molecular weight excluding hydrogens is 288 g/mol. The zero-order valence-corrected chi connectivity index (χ0v) is 11.1. The molecule has 108 valence electrons. The van der Waals surface area contributed by atoms with Crippen LogP contribution < -0.4 is 10.6 Å². The molecule has 8 heteroatoms. The number of aliphatic carboxylic acids is 2. The lowest BCUT2D eigenvalue weighted by Gasteiger charge is -2.14. The zero-order chi connectivity index (χ0) is 15.1. The second kappa shape index (κ2) is 7.34. The van der Waals surface area contributed by atoms with Crippen molar-refractivity contribution in [3.8, 4) is 0 Å². The average Bonchev–Trinajstić information content (AvgIpc) is 2.33. The number of anilines is 1. The fourth-order valence-corrected chi connectivity index (χ4v) is 1.61. The van der Waals surface area contributed by atoms with E-state index in [1.807, 2.05) is 0 Å². The van der Waals surface area contributed by atoms with Gasteiger partial charge < -0.3 is 20.8 Å². The predicted octanol–water partition coefficient (Wildman–Crippen LogP) is 1.78. The van der Waals surface area contributed by atoms with E-state index in [0.717, 1.165) is 0 Å². The summed E-state index contributed by atoms with van der Waals surface area (Å²) in [6.07, 6.45) is -0.554. The van der Waals surface area contributed by atoms with E-state index in [2.05, 4.69) is 10.6 Å². The van der Waals surface area contributed by atoms with Crippen molar-refractivity contribution in [2.45, 2.75) is 18.9 Å². The van der Waals surface area contributed by atoms with Crippen LogP contribution in [0, 0.1) is 0 Å². The van der Waals surface area contributed by atoms with Crippen molar-refractivity contribution in [2.24, 2.45) is 0 Å². The third-order valence-electron chi connectivity index (χ3n) is 2.33. The predicted molar refractivity (Wildman–Crippen MR) is 71.9 cm³/mol. The van der Waals surface area contributed by atoms with Crippen molar-refractivity contribution in [3.05, 3.63) is 29.3 Å². The van der Waals surface area contributed by atoms with Crippen LogP contribution >= 0.6 is 11.6 Å². The SMILES string of the molecule is O=C(O)CC[C@H](NC(=O)Nc1cccc(Cl)c1)C(=O)O. The van der Waals surface area contributed by atoms with Crippen LogP contribution in [0.2, 0.25) is 5.02 Å². The molecule has 1 rings (SSSR count). The van der Waals surface area contributed by atoms with Gasteiger partial charge in [-0.15, -0.1) is 0 Å². The van der Waals surface area contributed by atoms with E-state index in [1.165, 1.54) is 6.07 Å². The molecular formula is C12H13ClN2O5. The van der Waals surface area contributed by atoms with E-state index < -0.39 is 24.0 Å². The van der Waals surface area contributed by atoms with Gasteiger partial charge in [0.15, 0.2) is 0 Å². The fourth-order valence-electron chi connectivity index (χ4n) is 1.42. The zero-order valence-electron chi connectivity index (χ0n) is 10.3. The first-order valence-corrected chi connectivity index (χ1v) is 6.04. The third kappa shape index (κ3) is 5.57. The molecule has 0 saturated heterocycles. The molecule has 0 fully saturated rings. The highest BCUT2D eigenvalue weighted by molar-refractivity contribution is 6.30. The molecule has 2 amide bonds. The highest BCUT2D eigenvalue weighted by atomic mass is 35.5. The molecule has 7 nitrogen and oxygen atoms in total. The van der Waals surface area contributed by atoms with Gasteiger partial charge in [0.2, 0.25) is 0 Å². The van der Waals surface area contributed by atoms with Crippen LogP contribution in [-0.2, 0) is 9.59 Å². The Morgan fingerprint density at radius 3 is 2.50 bits per heavy atom. The Kier molecular flexibility index (Phi) is 5.79. The number of halogens is 1. The lowest BCUT2D eigenvalue weighted by atomic mass is 10.1. The number of hydrogen-bond acceptors (Lipinski definition) is 3. The molecule has 0 aliphatic rings. The van der Waals surface area contributed by atoms with E-state index in [0.29, 0.717) is 10.7 Å². The minimum atomic E-state index is -1.30. The highest BCUT2D eigenvalue weighted by Gasteiger charge is 2.20. The van der Waals surface area contributed by atoms with E-state index in [1.54, 1.807) is 18.2 Å². The summed E-state index contributed by atoms with van der Waals surface area (Å²) >= 11 is 5.74. The molecule has 0 radical (unpaired) electrons. The Hall–Kier alpha value is -2.28. The number of urea groups is 1. The number of nitrogens with one attached hydrogen (secondary N) is 2. The number of carbonyl (C=O) groups is 3. The van der Waals surface area contributed by atoms with Gasteiger partial charge in [-0.05, 0) is 24.6 Å². The highest BCUT2D eigenvalue weighted by Crippen LogP contribution is 2.14. The molecule has 0 aliphatic carbocycles. The average molecular weight is 301 g/mol. The minimum Gasteiger partial charge on any atom is -0.481 e. The smallest absolute Gasteiger partial charge is 0.326 e. The summed E-state index contributed by atoms with van der Waals surface area (Å²) in [6, 6.07) is 4.30. The maximum atomic E-state index is 11.6. The normalized spacial score (nSPS) is 11.4. The largest absolute Gasteiger partial charge is 0.481 e. The molecule has 0 aliphatic heterocycles. The monoisotopic (exact) mass is 300 g/mol. The van der Waals surface area contributed by atoms with Crippen molar-refractivity contribution in [3.63, 3.8) is 0 Å². The van der Waals surface area contributed by atoms with Gasteiger partial charge in [-0.1, -0.05) is 17.7 Å². The van der Waals surface area contributed by atoms with Crippen LogP contribution in [-0.4, -0.2) is 34.2 Å². The van der Waals surface area contributed by atoms with Gasteiger partial charge in [-0.2, -0.15) is 0 Å². The summed E-state index contributed by atoms with van der Waals surface area (Å²) in [6.45, 7) is 0. The van der Waals surface area contributed by atoms with E-state index in [9.17, 15) is 14.4 Å². The molecule has 20 heavy (non-hydrogen) atoms. The topological polar surface area (TPSA) is 116 Å². The summed E-state index contributed by atoms with van der Waals surface area (Å²) in [4.78, 5) is 32.9. The molecule has 1 aromatic rings. The van der Waals surface area contributed by atoms with Crippen LogP contribution in [0.15, 0.2) is 24.3 Å². The van der Waals surface area contributed by atoms with Crippen LogP contribution in [0.3, 0.4) is 0 Å². The molecule has 1 aromatic carbocycles. The molecule has 0 heterocycles. The molecule has 0 spiro atoms. The van der Waals surface area contributed by atoms with Crippen LogP contribution in [0.25, 0.3) is 0 Å². The number of carboxylic acids is 2. The number of benzene rings is 1. The van der Waals surface area contributed by atoms with Crippen LogP contribution in [0.5, 0.6) is 0 Å². The summed E-state index contributed by atoms with van der Waals surface area (Å²) in [5, 5.41) is 22.4. The molecule has 0 aromatic heterocycles. The molecule has 0 unspecified atom stereocenters. The lowest BCUT2D eigenvalue weighted by molar-refractivity contribution is -0.140. The maximum Gasteiger partial charge on any atom is 0.326 e. The quantitative estimate of drug-likeness (QED) is 0.639. The van der Waals surface area contributed by atoms with Gasteiger partial charge in [-0.25, -0.2) is 9.59 Å². The van der Waals surface area contributed by atoms with Crippen molar-refractivity contribution in [1.29, 1.82) is 0 Å². The third-order valence-corrected chi connectivity index (χ3v) is 2.57. The van der Waals surface area contributed by atoms with Crippen molar-refractivity contribution in [1.82, 2.24) is 5.32 Å². The van der Waals surface area contributed by atoms with Gasteiger partial charge in [-0.3, -0.25) is 4.79 Å². The second-order valence-electron chi connectivity index (χ2n) is 3.93. The first-order chi connectivity index (χ1) is 9.38. The van der Waals surface area contributed by atoms with Crippen LogP contribution in [0.4, 0.5) is 10.5 Å². The summed E-state index contributed by atoms with van der Waals surface area (Å²) in [5.41, 5.74) is 0.400. The number of amides is 2. The summed E-state index contributed by atoms with van der Waals surface area (Å²) < 4.78 is 0. The Morgan fingerprint density at radius 2 is 1.95 bits per heavy atom. The van der Waals surface area contributed by atoms with Crippen molar-refractivity contribution >= 4 is 35.3 Å². The lowest BCUT2D eigenvalue weighted by Crippen LogP contribution is -2.43. The van der Waals surface area contributed by atoms with Gasteiger partial charge in [0.1, 0.15) is 6.04 Å². The van der Waals surface area contributed by atoms with E-state index in [-0.39, 0.29) is 12.8 Å². The molecule has 0 bridgehead atoms. The Morgan fingerprint density at radius 1 is 1.25 bits per heavy atom. The number of carbonyl (C=O) groups excluding carboxylic acids is 1. The number of carboxylic acid groups (broad SMARTS) is 2. The Balaban J connectivity index is 2.57. The Labute approximate surface area is 119 Å². The number of rotatable bonds is 6. The van der Waals surface area contributed by atoms with Gasteiger partial charge in [0.05, 0.1) is 0 Å². The van der Waals surface area contributed by atoms with Crippen molar-refractivity contribution in [2.75, 3.05) is 5.32 Å². The first kappa shape index (κ1) is 15.8. The molecule has 0 saturated carbocycles. The Bertz CT molecular complexity index is 520. The van der Waals surface area contributed by atoms with E-state index in [4.69, 9.17) is 21.8 Å². The standard InChI is InChI=1S/C12H13ClN2O5/c13-7-2-1-3-8(6-7)14-12(20)15-9(11(18)19)4-5-10(16)17/h1-3,6,9H,4-5H2,(H,16,17)(H,18,19)(H2,14,15,20)/t9-/m0/s1. The maximum absolute atomic E-state index is 11.6. The summed E-state index contributed by atoms with van der Waals surface area (Å²) in [5.74, 6) is -2.43. The van der Waals surface area contributed by atoms with Gasteiger partial charge >= 0.3 is 18.0 Å². The first-order valence-electron chi connectivity index (χ1n) is 5.66. The van der Waals surface area contributed by atoms with Crippen LogP contribution in [0.1, 0.15) is 12.8 Å². The molecule has 1 atom stereocenters. The molecule has 4 N–H and O–H groups in total. The number of hydrogen-bond donors (Lipinski definition) is 4. The second-order valence-corrected chi connectivity index (χ2v) is 4.37. The fraction of sp³-hybridized carbons (Fsp3) is 0.250. The van der Waals surface area contributed by atoms with Gasteiger partial charge in [0.25, 0.3) is 0 Å². The van der Waals surface area contributed by atoms with Crippen molar-refractivity contribution < 1.29 is 24.6 Å². The van der Waals surface area contributed by atoms with E-state index >= 15 is 0 Å². The van der Waals surface area contributed by atoms with Gasteiger partial charge in [0, 0.05) is 17.1 Å².